The van der Waals surface area contributed by atoms with Crippen molar-refractivity contribution in [3.8, 4) is 0 Å². The summed E-state index contributed by atoms with van der Waals surface area (Å²) in [5, 5.41) is 14.3. The van der Waals surface area contributed by atoms with Crippen LogP contribution in [0.4, 0.5) is 4.79 Å². The van der Waals surface area contributed by atoms with E-state index in [1.165, 1.54) is 22.8 Å². The maximum atomic E-state index is 13.9. The minimum absolute atomic E-state index is 0.00594. The Kier molecular flexibility index (Phi) is 11.3. The van der Waals surface area contributed by atoms with Crippen LogP contribution in [0, 0.1) is 11.8 Å². The highest BCUT2D eigenvalue weighted by molar-refractivity contribution is 7.89. The fraction of sp³-hybridized carbons (Fsp3) is 0.533. The van der Waals surface area contributed by atoms with Crippen LogP contribution >= 0.6 is 0 Å². The standard InChI is InChI=1S/C30H41N3O8S/c1-4-21(2)16-33(42(36,37)24-10-11-25-28(15-24)40-19-31-25)17-27(34)26(14-23-8-6-5-7-9-23)32-30(35)41-29-18-39-20-38-13-12-22(29)3/h5-11,15,19,21-22,26-27,29,34H,4,12-14,16-18,20H2,1-3H3,(H,32,35)/t21-,22-,26-,27+,29-/m0/s1. The molecule has 2 aromatic carbocycles. The van der Waals surface area contributed by atoms with Crippen LogP contribution in [0.3, 0.4) is 0 Å². The molecule has 0 bridgehead atoms. The molecule has 1 saturated heterocycles. The van der Waals surface area contributed by atoms with E-state index >= 15 is 0 Å². The van der Waals surface area contributed by atoms with E-state index in [0.717, 1.165) is 12.0 Å². The van der Waals surface area contributed by atoms with Gasteiger partial charge in [-0.2, -0.15) is 4.31 Å². The lowest BCUT2D eigenvalue weighted by molar-refractivity contribution is -0.113. The van der Waals surface area contributed by atoms with Gasteiger partial charge in [-0.3, -0.25) is 0 Å². The number of sulfonamides is 1. The first kappa shape index (κ1) is 31.9. The zero-order valence-electron chi connectivity index (χ0n) is 24.3. The van der Waals surface area contributed by atoms with E-state index in [9.17, 15) is 18.3 Å². The van der Waals surface area contributed by atoms with E-state index in [1.54, 1.807) is 6.07 Å². The van der Waals surface area contributed by atoms with Crippen molar-refractivity contribution >= 4 is 27.2 Å². The van der Waals surface area contributed by atoms with Crippen LogP contribution in [-0.4, -0.2) is 80.3 Å². The Bertz CT molecular complexity index is 1380. The Balaban J connectivity index is 1.55. The number of oxazole rings is 1. The first-order valence-electron chi connectivity index (χ1n) is 14.3. The number of aliphatic hydroxyl groups is 1. The van der Waals surface area contributed by atoms with Gasteiger partial charge in [0.1, 0.15) is 18.4 Å². The maximum Gasteiger partial charge on any atom is 0.407 e. The minimum atomic E-state index is -4.03. The second-order valence-corrected chi connectivity index (χ2v) is 12.9. The zero-order chi connectivity index (χ0) is 30.1. The number of benzene rings is 2. The molecule has 1 fully saturated rings. The molecule has 5 atom stereocenters. The summed E-state index contributed by atoms with van der Waals surface area (Å²) >= 11 is 0. The highest BCUT2D eigenvalue weighted by Crippen LogP contribution is 2.24. The molecule has 4 rings (SSSR count). The van der Waals surface area contributed by atoms with Gasteiger partial charge >= 0.3 is 6.09 Å². The van der Waals surface area contributed by atoms with E-state index in [4.69, 9.17) is 18.6 Å². The third kappa shape index (κ3) is 8.51. The third-order valence-electron chi connectivity index (χ3n) is 7.67. The molecule has 0 spiro atoms. The van der Waals surface area contributed by atoms with Crippen molar-refractivity contribution in [2.24, 2.45) is 11.8 Å². The number of aliphatic hydroxyl groups excluding tert-OH is 1. The van der Waals surface area contributed by atoms with Crippen molar-refractivity contribution in [3.05, 3.63) is 60.5 Å². The summed E-state index contributed by atoms with van der Waals surface area (Å²) in [5.74, 6) is 0.0303. The lowest BCUT2D eigenvalue weighted by Crippen LogP contribution is -2.52. The molecule has 2 N–H and O–H groups in total. The SMILES string of the molecule is CC[C@H](C)CN(C[C@@H](O)[C@H](Cc1ccccc1)NC(=O)O[C@H]1COCOCC[C@@H]1C)S(=O)(=O)c1ccc2ncoc2c1. The molecule has 42 heavy (non-hydrogen) atoms. The first-order valence-corrected chi connectivity index (χ1v) is 15.8. The molecule has 1 aromatic heterocycles. The number of alkyl carbamates (subject to hydrolysis) is 1. The fourth-order valence-corrected chi connectivity index (χ4v) is 6.35. The zero-order valence-corrected chi connectivity index (χ0v) is 25.2. The van der Waals surface area contributed by atoms with Crippen LogP contribution in [0.25, 0.3) is 11.1 Å². The molecular weight excluding hydrogens is 562 g/mol. The lowest BCUT2D eigenvalue weighted by Gasteiger charge is -2.32. The average Bonchev–Trinajstić information content (AvgIpc) is 3.45. The molecule has 0 unspecified atom stereocenters. The summed E-state index contributed by atoms with van der Waals surface area (Å²) in [6.45, 7) is 6.67. The predicted octanol–water partition coefficient (Wildman–Crippen LogP) is 3.96. The Morgan fingerprint density at radius 2 is 1.98 bits per heavy atom. The Hall–Kier alpha value is -3.03. The summed E-state index contributed by atoms with van der Waals surface area (Å²) in [6, 6.07) is 13.1. The number of hydrogen-bond donors (Lipinski definition) is 2. The van der Waals surface area contributed by atoms with Gasteiger partial charge < -0.3 is 29.1 Å². The molecule has 12 heteroatoms. The number of hydrogen-bond acceptors (Lipinski definition) is 9. The molecule has 230 valence electrons. The number of carbonyl (C=O) groups excluding carboxylic acids is 1. The van der Waals surface area contributed by atoms with Gasteiger partial charge in [0.05, 0.1) is 23.6 Å². The number of aromatic nitrogens is 1. The fourth-order valence-electron chi connectivity index (χ4n) is 4.75. The Labute approximate surface area is 247 Å². The molecule has 3 aromatic rings. The van der Waals surface area contributed by atoms with Crippen LogP contribution in [0.5, 0.6) is 0 Å². The maximum absolute atomic E-state index is 13.9. The largest absolute Gasteiger partial charge is 0.443 e. The topological polar surface area (TPSA) is 140 Å². The number of rotatable bonds is 12. The van der Waals surface area contributed by atoms with Crippen LogP contribution in [-0.2, 0) is 30.7 Å². The highest BCUT2D eigenvalue weighted by atomic mass is 32.2. The summed E-state index contributed by atoms with van der Waals surface area (Å²) in [7, 11) is -4.03. The number of fused-ring (bicyclic) bond motifs is 1. The molecular formula is C30H41N3O8S. The average molecular weight is 604 g/mol. The van der Waals surface area contributed by atoms with Crippen molar-refractivity contribution in [2.45, 2.75) is 63.2 Å². The predicted molar refractivity (Wildman–Crippen MR) is 156 cm³/mol. The van der Waals surface area contributed by atoms with Crippen LogP contribution < -0.4 is 5.32 Å². The van der Waals surface area contributed by atoms with E-state index in [1.807, 2.05) is 51.1 Å². The van der Waals surface area contributed by atoms with Crippen molar-refractivity contribution in [1.82, 2.24) is 14.6 Å². The quantitative estimate of drug-likeness (QED) is 0.315. The number of carbonyl (C=O) groups is 1. The summed E-state index contributed by atoms with van der Waals surface area (Å²) in [5.41, 5.74) is 1.77. The second kappa shape index (κ2) is 14.9. The minimum Gasteiger partial charge on any atom is -0.443 e. The monoisotopic (exact) mass is 603 g/mol. The van der Waals surface area contributed by atoms with Crippen LogP contribution in [0.1, 0.15) is 39.2 Å². The molecule has 2 heterocycles. The van der Waals surface area contributed by atoms with Gasteiger partial charge in [-0.1, -0.05) is 57.5 Å². The molecule has 1 aliphatic rings. The number of nitrogens with one attached hydrogen (secondary N) is 1. The van der Waals surface area contributed by atoms with Crippen molar-refractivity contribution in [2.75, 3.05) is 33.1 Å². The third-order valence-corrected chi connectivity index (χ3v) is 9.50. The van der Waals surface area contributed by atoms with Crippen molar-refractivity contribution in [1.29, 1.82) is 0 Å². The van der Waals surface area contributed by atoms with Gasteiger partial charge in [-0.05, 0) is 42.4 Å². The number of nitrogens with zero attached hydrogens (tertiary/aromatic N) is 2. The van der Waals surface area contributed by atoms with E-state index in [-0.39, 0.29) is 49.6 Å². The number of amides is 1. The van der Waals surface area contributed by atoms with Crippen LogP contribution in [0.15, 0.2) is 64.2 Å². The summed E-state index contributed by atoms with van der Waals surface area (Å²) < 4.78 is 50.8. The van der Waals surface area contributed by atoms with Crippen LogP contribution in [0.2, 0.25) is 0 Å². The molecule has 11 nitrogen and oxygen atoms in total. The highest BCUT2D eigenvalue weighted by Gasteiger charge is 2.33. The first-order chi connectivity index (χ1) is 20.2. The van der Waals surface area contributed by atoms with Crippen molar-refractivity contribution in [3.63, 3.8) is 0 Å². The summed E-state index contributed by atoms with van der Waals surface area (Å²) in [4.78, 5) is 17.2. The number of ether oxygens (including phenoxy) is 3. The van der Waals surface area contributed by atoms with Gasteiger partial charge in [0, 0.05) is 25.8 Å². The van der Waals surface area contributed by atoms with E-state index in [0.29, 0.717) is 24.1 Å². The summed E-state index contributed by atoms with van der Waals surface area (Å²) in [6.07, 6.45) is 0.542. The van der Waals surface area contributed by atoms with Gasteiger partial charge in [-0.15, -0.1) is 0 Å². The Morgan fingerprint density at radius 1 is 1.19 bits per heavy atom. The van der Waals surface area contributed by atoms with Crippen molar-refractivity contribution < 1.29 is 36.9 Å². The molecule has 1 aliphatic heterocycles. The molecule has 1 amide bonds. The normalized spacial score (nSPS) is 20.4. The molecule has 0 aliphatic carbocycles. The van der Waals surface area contributed by atoms with Gasteiger partial charge in [0.15, 0.2) is 12.0 Å². The molecule has 0 radical (unpaired) electrons. The smallest absolute Gasteiger partial charge is 0.407 e. The van der Waals surface area contributed by atoms with E-state index in [2.05, 4.69) is 10.3 Å². The lowest BCUT2D eigenvalue weighted by atomic mass is 10.0. The Morgan fingerprint density at radius 3 is 2.74 bits per heavy atom. The van der Waals surface area contributed by atoms with Gasteiger partial charge in [-0.25, -0.2) is 18.2 Å². The van der Waals surface area contributed by atoms with Gasteiger partial charge in [0.2, 0.25) is 10.0 Å². The molecule has 0 saturated carbocycles. The van der Waals surface area contributed by atoms with Gasteiger partial charge in [0.25, 0.3) is 0 Å². The second-order valence-electron chi connectivity index (χ2n) is 10.9. The van der Waals surface area contributed by atoms with E-state index < -0.39 is 34.4 Å².